The van der Waals surface area contributed by atoms with Gasteiger partial charge in [-0.15, -0.1) is 0 Å². The van der Waals surface area contributed by atoms with Crippen molar-refractivity contribution in [1.82, 2.24) is 4.90 Å². The van der Waals surface area contributed by atoms with Gasteiger partial charge in [0, 0.05) is 37.4 Å². The highest BCUT2D eigenvalue weighted by molar-refractivity contribution is 5.76. The van der Waals surface area contributed by atoms with Crippen LogP contribution in [-0.4, -0.2) is 56.2 Å². The van der Waals surface area contributed by atoms with E-state index in [4.69, 9.17) is 15.2 Å². The van der Waals surface area contributed by atoms with Crippen molar-refractivity contribution in [3.05, 3.63) is 54.1 Å². The van der Waals surface area contributed by atoms with Crippen molar-refractivity contribution >= 4 is 11.6 Å². The zero-order valence-electron chi connectivity index (χ0n) is 17.5. The molecule has 6 heteroatoms. The highest BCUT2D eigenvalue weighted by atomic mass is 16.5. The predicted molar refractivity (Wildman–Crippen MR) is 116 cm³/mol. The molecule has 1 saturated heterocycles. The zero-order valence-corrected chi connectivity index (χ0v) is 17.5. The van der Waals surface area contributed by atoms with Crippen LogP contribution in [0, 0.1) is 0 Å². The number of carbonyl (C=O) groups excluding carboxylic acids is 1. The van der Waals surface area contributed by atoms with E-state index >= 15 is 0 Å². The summed E-state index contributed by atoms with van der Waals surface area (Å²) < 4.78 is 11.4. The molecule has 0 bridgehead atoms. The molecule has 3 rings (SSSR count). The molecule has 0 aromatic heterocycles. The number of nitrogens with zero attached hydrogens (tertiary/aromatic N) is 2. The Bertz CT molecular complexity index is 810. The first kappa shape index (κ1) is 21.0. The van der Waals surface area contributed by atoms with E-state index in [9.17, 15) is 4.79 Å². The number of rotatable bonds is 8. The van der Waals surface area contributed by atoms with Gasteiger partial charge in [0.15, 0.2) is 11.5 Å². The van der Waals surface area contributed by atoms with Crippen molar-refractivity contribution in [2.75, 3.05) is 38.2 Å². The second kappa shape index (κ2) is 9.65. The van der Waals surface area contributed by atoms with Gasteiger partial charge in [0.1, 0.15) is 0 Å². The summed E-state index contributed by atoms with van der Waals surface area (Å²) in [5.74, 6) is 1.20. The lowest BCUT2D eigenvalue weighted by molar-refractivity contribution is -0.119. The molecule has 1 atom stereocenters. The minimum absolute atomic E-state index is 0.0670. The van der Waals surface area contributed by atoms with Crippen LogP contribution in [-0.2, 0) is 11.2 Å². The van der Waals surface area contributed by atoms with Crippen molar-refractivity contribution in [1.29, 1.82) is 0 Å². The van der Waals surface area contributed by atoms with Gasteiger partial charge < -0.3 is 20.1 Å². The van der Waals surface area contributed by atoms with E-state index in [0.29, 0.717) is 0 Å². The summed E-state index contributed by atoms with van der Waals surface area (Å²) in [6.45, 7) is 6.72. The number of hydrogen-bond acceptors (Lipinski definition) is 5. The fraction of sp³-hybridized carbons (Fsp3) is 0.435. The third kappa shape index (κ3) is 5.64. The fourth-order valence-electron chi connectivity index (χ4n) is 3.82. The molecule has 2 N–H and O–H groups in total. The number of hydrogen-bond donors (Lipinski definition) is 1. The molecule has 156 valence electrons. The minimum Gasteiger partial charge on any atom is -0.493 e. The Morgan fingerprint density at radius 1 is 1.14 bits per heavy atom. The number of primary amides is 1. The number of anilines is 1. The van der Waals surface area contributed by atoms with Crippen LogP contribution in [0.4, 0.5) is 5.69 Å². The van der Waals surface area contributed by atoms with Gasteiger partial charge in [0.25, 0.3) is 0 Å². The van der Waals surface area contributed by atoms with Crippen molar-refractivity contribution in [3.8, 4) is 11.5 Å². The molecule has 0 aliphatic carbocycles. The van der Waals surface area contributed by atoms with Crippen LogP contribution in [0.15, 0.2) is 48.5 Å². The second-order valence-corrected chi connectivity index (χ2v) is 7.73. The van der Waals surface area contributed by atoms with Crippen LogP contribution in [0.5, 0.6) is 11.5 Å². The molecule has 1 aliphatic heterocycles. The van der Waals surface area contributed by atoms with Crippen LogP contribution in [0.25, 0.3) is 0 Å². The summed E-state index contributed by atoms with van der Waals surface area (Å²) in [5, 5.41) is 0. The van der Waals surface area contributed by atoms with E-state index in [0.717, 1.165) is 43.2 Å². The summed E-state index contributed by atoms with van der Waals surface area (Å²) >= 11 is 0. The fourth-order valence-corrected chi connectivity index (χ4v) is 3.82. The predicted octanol–water partition coefficient (Wildman–Crippen LogP) is 2.70. The quantitative estimate of drug-likeness (QED) is 0.742. The summed E-state index contributed by atoms with van der Waals surface area (Å²) in [5.41, 5.74) is 7.85. The molecule has 0 radical (unpaired) electrons. The molecule has 0 saturated carbocycles. The van der Waals surface area contributed by atoms with Gasteiger partial charge in [-0.1, -0.05) is 30.3 Å². The van der Waals surface area contributed by atoms with E-state index in [2.05, 4.69) is 28.0 Å². The summed E-state index contributed by atoms with van der Waals surface area (Å²) in [6, 6.07) is 16.6. The molecule has 1 amide bonds. The lowest BCUT2D eigenvalue weighted by atomic mass is 10.0. The molecule has 0 unspecified atom stereocenters. The first-order valence-electron chi connectivity index (χ1n) is 10.1. The largest absolute Gasteiger partial charge is 0.493 e. The van der Waals surface area contributed by atoms with Crippen LogP contribution in [0.3, 0.4) is 0 Å². The third-order valence-electron chi connectivity index (χ3n) is 5.15. The number of piperazine rings is 1. The molecule has 1 heterocycles. The van der Waals surface area contributed by atoms with Gasteiger partial charge in [-0.2, -0.15) is 0 Å². The van der Waals surface area contributed by atoms with Gasteiger partial charge in [0.2, 0.25) is 5.91 Å². The van der Waals surface area contributed by atoms with Crippen molar-refractivity contribution < 1.29 is 14.3 Å². The maximum absolute atomic E-state index is 11.6. The smallest absolute Gasteiger partial charge is 0.231 e. The van der Waals surface area contributed by atoms with E-state index < -0.39 is 0 Å². The molecular weight excluding hydrogens is 366 g/mol. The average molecular weight is 398 g/mol. The molecule has 1 fully saturated rings. The number of amides is 1. The molecule has 1 aliphatic rings. The first-order chi connectivity index (χ1) is 14.0. The first-order valence-corrected chi connectivity index (χ1v) is 10.1. The Morgan fingerprint density at radius 2 is 1.90 bits per heavy atom. The van der Waals surface area contributed by atoms with E-state index in [1.54, 1.807) is 7.11 Å². The van der Waals surface area contributed by atoms with Gasteiger partial charge in [-0.25, -0.2) is 0 Å². The van der Waals surface area contributed by atoms with Crippen LogP contribution in [0.2, 0.25) is 0 Å². The van der Waals surface area contributed by atoms with E-state index in [1.165, 1.54) is 5.56 Å². The van der Waals surface area contributed by atoms with Crippen molar-refractivity contribution in [2.45, 2.75) is 32.4 Å². The SMILES string of the molecule is COc1ccc(N2CCN(CC(N)=O)[C@@H](Cc3ccccc3)C2)cc1OC(C)C. The minimum atomic E-state index is -0.284. The second-order valence-electron chi connectivity index (χ2n) is 7.73. The third-order valence-corrected chi connectivity index (χ3v) is 5.15. The molecule has 6 nitrogen and oxygen atoms in total. The van der Waals surface area contributed by atoms with Crippen molar-refractivity contribution in [3.63, 3.8) is 0 Å². The van der Waals surface area contributed by atoms with Crippen LogP contribution in [0.1, 0.15) is 19.4 Å². The summed E-state index contributed by atoms with van der Waals surface area (Å²) in [4.78, 5) is 16.1. The van der Waals surface area contributed by atoms with E-state index in [1.807, 2.05) is 44.2 Å². The lowest BCUT2D eigenvalue weighted by Gasteiger charge is -2.42. The molecular formula is C23H31N3O3. The van der Waals surface area contributed by atoms with Gasteiger partial charge in [-0.05, 0) is 38.0 Å². The van der Waals surface area contributed by atoms with Gasteiger partial charge in [-0.3, -0.25) is 9.69 Å². The highest BCUT2D eigenvalue weighted by Gasteiger charge is 2.28. The lowest BCUT2D eigenvalue weighted by Crippen LogP contribution is -2.56. The monoisotopic (exact) mass is 397 g/mol. The molecule has 29 heavy (non-hydrogen) atoms. The van der Waals surface area contributed by atoms with Gasteiger partial charge in [0.05, 0.1) is 19.8 Å². The summed E-state index contributed by atoms with van der Waals surface area (Å²) in [7, 11) is 1.65. The van der Waals surface area contributed by atoms with Crippen molar-refractivity contribution in [2.24, 2.45) is 5.73 Å². The van der Waals surface area contributed by atoms with E-state index in [-0.39, 0.29) is 24.6 Å². The van der Waals surface area contributed by atoms with Gasteiger partial charge >= 0.3 is 0 Å². The number of methoxy groups -OCH3 is 1. The number of ether oxygens (including phenoxy) is 2. The number of carbonyl (C=O) groups is 1. The Labute approximate surface area is 173 Å². The Balaban J connectivity index is 1.81. The Hall–Kier alpha value is -2.73. The highest BCUT2D eigenvalue weighted by Crippen LogP contribution is 2.33. The normalized spacial score (nSPS) is 17.4. The molecule has 2 aromatic carbocycles. The molecule has 0 spiro atoms. The Morgan fingerprint density at radius 3 is 2.55 bits per heavy atom. The van der Waals surface area contributed by atoms with Crippen LogP contribution >= 0.6 is 0 Å². The number of nitrogens with two attached hydrogens (primary N) is 1. The standard InChI is InChI=1S/C23H31N3O3/c1-17(2)29-22-14-19(9-10-21(22)28-3)25-11-12-26(16-23(24)27)20(15-25)13-18-7-5-4-6-8-18/h4-10,14,17,20H,11-13,15-16H2,1-3H3,(H2,24,27)/t20-/m0/s1. The number of benzene rings is 2. The topological polar surface area (TPSA) is 68.0 Å². The molecule has 2 aromatic rings. The van der Waals surface area contributed by atoms with Crippen LogP contribution < -0.4 is 20.1 Å². The Kier molecular flexibility index (Phi) is 6.99. The maximum Gasteiger partial charge on any atom is 0.231 e. The summed E-state index contributed by atoms with van der Waals surface area (Å²) in [6.07, 6.45) is 0.938. The maximum atomic E-state index is 11.6. The average Bonchev–Trinajstić information content (AvgIpc) is 2.69. The zero-order chi connectivity index (χ0) is 20.8.